The number of hydrogen-bond acceptors (Lipinski definition) is 3. The monoisotopic (exact) mass is 192 g/mol. The van der Waals surface area contributed by atoms with Gasteiger partial charge in [-0.05, 0) is 37.1 Å². The van der Waals surface area contributed by atoms with E-state index in [2.05, 4.69) is 5.32 Å². The molecule has 3 nitrogen and oxygen atoms in total. The van der Waals surface area contributed by atoms with Gasteiger partial charge in [-0.2, -0.15) is 0 Å². The van der Waals surface area contributed by atoms with Gasteiger partial charge in [0.2, 0.25) is 0 Å². The number of nitrogens with two attached hydrogens (primary N) is 1. The fourth-order valence-electron chi connectivity index (χ4n) is 1.72. The molecule has 1 fully saturated rings. The predicted octanol–water partition coefficient (Wildman–Crippen LogP) is 1.05. The highest BCUT2D eigenvalue weighted by Crippen LogP contribution is 2.22. The molecule has 1 saturated heterocycles. The summed E-state index contributed by atoms with van der Waals surface area (Å²) >= 11 is 0. The van der Waals surface area contributed by atoms with Crippen LogP contribution < -0.4 is 11.1 Å². The average molecular weight is 192 g/mol. The van der Waals surface area contributed by atoms with E-state index < -0.39 is 6.10 Å². The van der Waals surface area contributed by atoms with E-state index in [9.17, 15) is 5.11 Å². The maximum Gasteiger partial charge on any atom is 0.0805 e. The average Bonchev–Trinajstić information content (AvgIpc) is 2.11. The van der Waals surface area contributed by atoms with Crippen molar-refractivity contribution in [2.24, 2.45) is 0 Å². The minimum absolute atomic E-state index is 0.392. The first-order valence-corrected chi connectivity index (χ1v) is 5.02. The van der Waals surface area contributed by atoms with E-state index in [1.165, 1.54) is 6.42 Å². The van der Waals surface area contributed by atoms with Gasteiger partial charge in [0.1, 0.15) is 0 Å². The molecule has 1 aromatic carbocycles. The Morgan fingerprint density at radius 3 is 2.93 bits per heavy atom. The van der Waals surface area contributed by atoms with Gasteiger partial charge in [0.05, 0.1) is 6.10 Å². The zero-order valence-electron chi connectivity index (χ0n) is 8.11. The minimum Gasteiger partial charge on any atom is -0.399 e. The van der Waals surface area contributed by atoms with Crippen molar-refractivity contribution < 1.29 is 5.11 Å². The largest absolute Gasteiger partial charge is 0.399 e. The van der Waals surface area contributed by atoms with Gasteiger partial charge in [0, 0.05) is 11.7 Å². The van der Waals surface area contributed by atoms with Crippen LogP contribution in [0.25, 0.3) is 0 Å². The molecule has 2 atom stereocenters. The van der Waals surface area contributed by atoms with Crippen molar-refractivity contribution >= 4 is 5.69 Å². The summed E-state index contributed by atoms with van der Waals surface area (Å²) in [6, 6.07) is 7.94. The first-order valence-electron chi connectivity index (χ1n) is 5.02. The Morgan fingerprint density at radius 1 is 1.57 bits per heavy atom. The Labute approximate surface area is 83.9 Å². The third-order valence-corrected chi connectivity index (χ3v) is 2.73. The minimum atomic E-state index is -0.392. The summed E-state index contributed by atoms with van der Waals surface area (Å²) in [5, 5.41) is 13.2. The van der Waals surface area contributed by atoms with Crippen LogP contribution in [0.1, 0.15) is 24.5 Å². The van der Waals surface area contributed by atoms with Gasteiger partial charge < -0.3 is 16.2 Å². The highest BCUT2D eigenvalue weighted by molar-refractivity contribution is 5.41. The molecule has 0 saturated carbocycles. The van der Waals surface area contributed by atoms with Crippen LogP contribution in [0.4, 0.5) is 5.69 Å². The second kappa shape index (κ2) is 3.98. The number of anilines is 1. The van der Waals surface area contributed by atoms with Crippen molar-refractivity contribution in [2.75, 3.05) is 12.3 Å². The number of nitrogens with one attached hydrogen (secondary N) is 1. The molecule has 0 spiro atoms. The van der Waals surface area contributed by atoms with Crippen LogP contribution in [-0.4, -0.2) is 17.7 Å². The SMILES string of the molecule is Nc1cccc(C(O)CC2CCN2)c1. The molecule has 76 valence electrons. The molecule has 2 rings (SSSR count). The van der Waals surface area contributed by atoms with E-state index in [1.54, 1.807) is 0 Å². The first kappa shape index (κ1) is 9.49. The van der Waals surface area contributed by atoms with Crippen molar-refractivity contribution in [3.05, 3.63) is 29.8 Å². The number of aliphatic hydroxyl groups is 1. The molecular formula is C11H16N2O. The van der Waals surface area contributed by atoms with E-state index in [1.807, 2.05) is 24.3 Å². The summed E-state index contributed by atoms with van der Waals surface area (Å²) in [4.78, 5) is 0. The lowest BCUT2D eigenvalue weighted by Crippen LogP contribution is -2.43. The Kier molecular flexibility index (Phi) is 2.70. The zero-order chi connectivity index (χ0) is 9.97. The van der Waals surface area contributed by atoms with Gasteiger partial charge in [-0.25, -0.2) is 0 Å². The zero-order valence-corrected chi connectivity index (χ0v) is 8.11. The van der Waals surface area contributed by atoms with Crippen LogP contribution in [0.2, 0.25) is 0 Å². The number of aliphatic hydroxyl groups excluding tert-OH is 1. The lowest BCUT2D eigenvalue weighted by atomic mass is 9.96. The van der Waals surface area contributed by atoms with Crippen LogP contribution in [0, 0.1) is 0 Å². The second-order valence-electron chi connectivity index (χ2n) is 3.86. The van der Waals surface area contributed by atoms with Crippen LogP contribution >= 0.6 is 0 Å². The molecule has 1 aliphatic heterocycles. The highest BCUT2D eigenvalue weighted by atomic mass is 16.3. The Bertz CT molecular complexity index is 310. The second-order valence-corrected chi connectivity index (χ2v) is 3.86. The number of benzene rings is 1. The topological polar surface area (TPSA) is 58.3 Å². The van der Waals surface area contributed by atoms with Gasteiger partial charge in [-0.1, -0.05) is 12.1 Å². The van der Waals surface area contributed by atoms with Crippen molar-refractivity contribution in [2.45, 2.75) is 25.0 Å². The summed E-state index contributed by atoms with van der Waals surface area (Å²) in [6.45, 7) is 1.08. The van der Waals surface area contributed by atoms with Gasteiger partial charge >= 0.3 is 0 Å². The molecule has 0 aliphatic carbocycles. The molecule has 4 N–H and O–H groups in total. The van der Waals surface area contributed by atoms with Crippen molar-refractivity contribution in [1.29, 1.82) is 0 Å². The van der Waals surface area contributed by atoms with E-state index in [-0.39, 0.29) is 0 Å². The summed E-state index contributed by atoms with van der Waals surface area (Å²) in [5.41, 5.74) is 7.27. The fraction of sp³-hybridized carbons (Fsp3) is 0.455. The van der Waals surface area contributed by atoms with Gasteiger partial charge in [-0.15, -0.1) is 0 Å². The molecular weight excluding hydrogens is 176 g/mol. The molecule has 3 heteroatoms. The molecule has 1 heterocycles. The number of rotatable bonds is 3. The van der Waals surface area contributed by atoms with E-state index >= 15 is 0 Å². The Morgan fingerprint density at radius 2 is 2.36 bits per heavy atom. The van der Waals surface area contributed by atoms with Crippen molar-refractivity contribution in [3.8, 4) is 0 Å². The predicted molar refractivity (Wildman–Crippen MR) is 56.8 cm³/mol. The van der Waals surface area contributed by atoms with Gasteiger partial charge in [0.15, 0.2) is 0 Å². The normalized spacial score (nSPS) is 22.8. The van der Waals surface area contributed by atoms with Crippen LogP contribution in [0.3, 0.4) is 0 Å². The van der Waals surface area contributed by atoms with Crippen LogP contribution in [0.15, 0.2) is 24.3 Å². The molecule has 0 aromatic heterocycles. The van der Waals surface area contributed by atoms with E-state index in [0.717, 1.165) is 18.5 Å². The molecule has 1 aromatic rings. The Hall–Kier alpha value is -1.06. The third-order valence-electron chi connectivity index (χ3n) is 2.73. The maximum atomic E-state index is 9.88. The first-order chi connectivity index (χ1) is 6.75. The summed E-state index contributed by atoms with van der Waals surface area (Å²) in [5.74, 6) is 0. The highest BCUT2D eigenvalue weighted by Gasteiger charge is 2.20. The lowest BCUT2D eigenvalue weighted by Gasteiger charge is -2.29. The molecule has 1 aliphatic rings. The molecule has 0 bridgehead atoms. The smallest absolute Gasteiger partial charge is 0.0805 e. The third kappa shape index (κ3) is 2.05. The number of nitrogen functional groups attached to an aromatic ring is 1. The summed E-state index contributed by atoms with van der Waals surface area (Å²) < 4.78 is 0. The van der Waals surface area contributed by atoms with Crippen LogP contribution in [0.5, 0.6) is 0 Å². The standard InChI is InChI=1S/C11H16N2O/c12-9-3-1-2-8(6-9)11(14)7-10-4-5-13-10/h1-3,6,10-11,13-14H,4-5,7,12H2. The van der Waals surface area contributed by atoms with Crippen molar-refractivity contribution in [3.63, 3.8) is 0 Å². The number of hydrogen-bond donors (Lipinski definition) is 3. The lowest BCUT2D eigenvalue weighted by molar-refractivity contribution is 0.136. The van der Waals surface area contributed by atoms with E-state index in [0.29, 0.717) is 11.7 Å². The summed E-state index contributed by atoms with van der Waals surface area (Å²) in [7, 11) is 0. The molecule has 14 heavy (non-hydrogen) atoms. The Balaban J connectivity index is 1.98. The summed E-state index contributed by atoms with van der Waals surface area (Å²) in [6.07, 6.45) is 1.55. The maximum absolute atomic E-state index is 9.88. The quantitative estimate of drug-likeness (QED) is 0.627. The molecule has 2 unspecified atom stereocenters. The van der Waals surface area contributed by atoms with E-state index in [4.69, 9.17) is 5.73 Å². The van der Waals surface area contributed by atoms with Crippen molar-refractivity contribution in [1.82, 2.24) is 5.32 Å². The van der Waals surface area contributed by atoms with Crippen LogP contribution in [-0.2, 0) is 0 Å². The molecule has 0 radical (unpaired) electrons. The molecule has 0 amide bonds. The van der Waals surface area contributed by atoms with Gasteiger partial charge in [-0.3, -0.25) is 0 Å². The fourth-order valence-corrected chi connectivity index (χ4v) is 1.72. The van der Waals surface area contributed by atoms with Gasteiger partial charge in [0.25, 0.3) is 0 Å².